The zero-order chi connectivity index (χ0) is 15.1. The molecule has 0 fully saturated rings. The Morgan fingerprint density at radius 3 is 2.05 bits per heavy atom. The van der Waals surface area contributed by atoms with E-state index in [4.69, 9.17) is 11.6 Å². The summed E-state index contributed by atoms with van der Waals surface area (Å²) in [5.74, 6) is 1.02. The van der Waals surface area contributed by atoms with Crippen molar-refractivity contribution in [3.63, 3.8) is 0 Å². The highest BCUT2D eigenvalue weighted by atomic mass is 35.5. The Morgan fingerprint density at radius 1 is 1.10 bits per heavy atom. The highest BCUT2D eigenvalue weighted by Crippen LogP contribution is 2.11. The van der Waals surface area contributed by atoms with Crippen molar-refractivity contribution in [3.8, 4) is 0 Å². The van der Waals surface area contributed by atoms with E-state index in [1.165, 1.54) is 0 Å². The molecule has 0 saturated heterocycles. The molecule has 110 valence electrons. The Kier molecular flexibility index (Phi) is 6.80. The second-order valence-corrected chi connectivity index (χ2v) is 6.35. The molecule has 2 nitrogen and oxygen atoms in total. The summed E-state index contributed by atoms with van der Waals surface area (Å²) in [6.07, 6.45) is 3.49. The Morgan fingerprint density at radius 2 is 1.60 bits per heavy atom. The van der Waals surface area contributed by atoms with Crippen LogP contribution >= 0.6 is 11.6 Å². The highest BCUT2D eigenvalue weighted by molar-refractivity contribution is 6.30. The molecule has 0 radical (unpaired) electrons. The molecule has 1 aromatic rings. The maximum absolute atomic E-state index is 12.3. The van der Waals surface area contributed by atoms with Gasteiger partial charge in [0.05, 0.1) is 0 Å². The van der Waals surface area contributed by atoms with Gasteiger partial charge in [0.15, 0.2) is 0 Å². The van der Waals surface area contributed by atoms with E-state index in [9.17, 15) is 4.79 Å². The topological polar surface area (TPSA) is 20.3 Å². The minimum Gasteiger partial charge on any atom is -0.339 e. The van der Waals surface area contributed by atoms with E-state index in [1.807, 2.05) is 35.2 Å². The van der Waals surface area contributed by atoms with Crippen LogP contribution in [0.3, 0.4) is 0 Å². The van der Waals surface area contributed by atoms with Gasteiger partial charge in [0.2, 0.25) is 5.91 Å². The molecule has 0 heterocycles. The first-order chi connectivity index (χ1) is 9.38. The first-order valence-corrected chi connectivity index (χ1v) is 7.49. The summed E-state index contributed by atoms with van der Waals surface area (Å²) in [6, 6.07) is 7.46. The van der Waals surface area contributed by atoms with E-state index in [0.29, 0.717) is 16.9 Å². The van der Waals surface area contributed by atoms with E-state index in [0.717, 1.165) is 18.7 Å². The van der Waals surface area contributed by atoms with Crippen LogP contribution in [-0.2, 0) is 4.79 Å². The molecular weight excluding hydrogens is 270 g/mol. The van der Waals surface area contributed by atoms with Gasteiger partial charge in [0.1, 0.15) is 0 Å². The number of carbonyl (C=O) groups is 1. The van der Waals surface area contributed by atoms with Crippen LogP contribution in [0.2, 0.25) is 5.02 Å². The fourth-order valence-corrected chi connectivity index (χ4v) is 2.11. The standard InChI is InChI=1S/C17H24ClNO/c1-13(2)11-19(12-14(3)4)17(20)10-7-15-5-8-16(18)9-6-15/h5-10,13-14H,11-12H2,1-4H3/b10-7+. The summed E-state index contributed by atoms with van der Waals surface area (Å²) in [5, 5.41) is 0.703. The van der Waals surface area contributed by atoms with Crippen LogP contribution in [0.4, 0.5) is 0 Å². The lowest BCUT2D eigenvalue weighted by Crippen LogP contribution is -2.35. The second kappa shape index (κ2) is 8.11. The van der Waals surface area contributed by atoms with Gasteiger partial charge in [-0.3, -0.25) is 4.79 Å². The number of benzene rings is 1. The third-order valence-electron chi connectivity index (χ3n) is 2.77. The number of amides is 1. The first-order valence-electron chi connectivity index (χ1n) is 7.11. The van der Waals surface area contributed by atoms with Gasteiger partial charge in [-0.15, -0.1) is 0 Å². The molecule has 0 saturated carbocycles. The van der Waals surface area contributed by atoms with Crippen LogP contribution in [0.1, 0.15) is 33.3 Å². The summed E-state index contributed by atoms with van der Waals surface area (Å²) < 4.78 is 0. The summed E-state index contributed by atoms with van der Waals surface area (Å²) in [4.78, 5) is 14.2. The van der Waals surface area contributed by atoms with Crippen molar-refractivity contribution in [2.24, 2.45) is 11.8 Å². The monoisotopic (exact) mass is 293 g/mol. The molecule has 0 bridgehead atoms. The minimum atomic E-state index is 0.0716. The first kappa shape index (κ1) is 16.8. The molecule has 0 aromatic heterocycles. The van der Waals surface area contributed by atoms with Gasteiger partial charge >= 0.3 is 0 Å². The predicted octanol–water partition coefficient (Wildman–Crippen LogP) is 4.49. The minimum absolute atomic E-state index is 0.0716. The molecule has 3 heteroatoms. The molecule has 1 rings (SSSR count). The van der Waals surface area contributed by atoms with Crippen molar-refractivity contribution in [3.05, 3.63) is 40.9 Å². The molecule has 0 aliphatic heterocycles. The molecule has 20 heavy (non-hydrogen) atoms. The van der Waals surface area contributed by atoms with Crippen molar-refractivity contribution in [2.45, 2.75) is 27.7 Å². The Bertz CT molecular complexity index is 439. The number of hydrogen-bond acceptors (Lipinski definition) is 1. The van der Waals surface area contributed by atoms with Crippen molar-refractivity contribution in [1.29, 1.82) is 0 Å². The summed E-state index contributed by atoms with van der Waals surface area (Å²) in [5.41, 5.74) is 0.983. The number of halogens is 1. The van der Waals surface area contributed by atoms with Crippen LogP contribution < -0.4 is 0 Å². The molecule has 1 aromatic carbocycles. The SMILES string of the molecule is CC(C)CN(CC(C)C)C(=O)/C=C/c1ccc(Cl)cc1. The maximum atomic E-state index is 12.3. The average Bonchev–Trinajstić information content (AvgIpc) is 2.36. The number of carbonyl (C=O) groups excluding carboxylic acids is 1. The number of rotatable bonds is 6. The molecule has 0 spiro atoms. The van der Waals surface area contributed by atoms with Crippen molar-refractivity contribution in [1.82, 2.24) is 4.90 Å². The Hall–Kier alpha value is -1.28. The van der Waals surface area contributed by atoms with Gasteiger partial charge in [0, 0.05) is 24.2 Å². The van der Waals surface area contributed by atoms with Crippen molar-refractivity contribution < 1.29 is 4.79 Å². The molecule has 0 N–H and O–H groups in total. The number of hydrogen-bond donors (Lipinski definition) is 0. The van der Waals surface area contributed by atoms with Gasteiger partial charge in [-0.25, -0.2) is 0 Å². The lowest BCUT2D eigenvalue weighted by Gasteiger charge is -2.25. The summed E-state index contributed by atoms with van der Waals surface area (Å²) in [7, 11) is 0. The smallest absolute Gasteiger partial charge is 0.246 e. The van der Waals surface area contributed by atoms with Gasteiger partial charge in [-0.2, -0.15) is 0 Å². The molecule has 0 aliphatic carbocycles. The molecule has 0 unspecified atom stereocenters. The lowest BCUT2D eigenvalue weighted by molar-refractivity contribution is -0.127. The van der Waals surface area contributed by atoms with Crippen LogP contribution in [0, 0.1) is 11.8 Å². The van der Waals surface area contributed by atoms with Crippen LogP contribution in [0.25, 0.3) is 6.08 Å². The predicted molar refractivity (Wildman–Crippen MR) is 86.7 cm³/mol. The number of nitrogens with zero attached hydrogens (tertiary/aromatic N) is 1. The van der Waals surface area contributed by atoms with Gasteiger partial charge < -0.3 is 4.90 Å². The van der Waals surface area contributed by atoms with Crippen molar-refractivity contribution >= 4 is 23.6 Å². The van der Waals surface area contributed by atoms with Gasteiger partial charge in [-0.1, -0.05) is 51.4 Å². The second-order valence-electron chi connectivity index (χ2n) is 5.92. The third-order valence-corrected chi connectivity index (χ3v) is 3.02. The Balaban J connectivity index is 2.71. The fraction of sp³-hybridized carbons (Fsp3) is 0.471. The summed E-state index contributed by atoms with van der Waals surface area (Å²) in [6.45, 7) is 10.1. The van der Waals surface area contributed by atoms with E-state index < -0.39 is 0 Å². The highest BCUT2D eigenvalue weighted by Gasteiger charge is 2.13. The summed E-state index contributed by atoms with van der Waals surface area (Å²) >= 11 is 5.84. The van der Waals surface area contributed by atoms with Crippen LogP contribution in [-0.4, -0.2) is 23.9 Å². The van der Waals surface area contributed by atoms with E-state index in [2.05, 4.69) is 27.7 Å². The zero-order valence-corrected chi connectivity index (χ0v) is 13.5. The quantitative estimate of drug-likeness (QED) is 0.708. The maximum Gasteiger partial charge on any atom is 0.246 e. The Labute approximate surface area is 127 Å². The molecule has 1 amide bonds. The van der Waals surface area contributed by atoms with Gasteiger partial charge in [-0.05, 0) is 35.6 Å². The van der Waals surface area contributed by atoms with E-state index >= 15 is 0 Å². The lowest BCUT2D eigenvalue weighted by atomic mass is 10.1. The molecule has 0 aliphatic rings. The fourth-order valence-electron chi connectivity index (χ4n) is 1.98. The van der Waals surface area contributed by atoms with Crippen LogP contribution in [0.15, 0.2) is 30.3 Å². The average molecular weight is 294 g/mol. The van der Waals surface area contributed by atoms with Crippen molar-refractivity contribution in [2.75, 3.05) is 13.1 Å². The molecular formula is C17H24ClNO. The van der Waals surface area contributed by atoms with Crippen LogP contribution in [0.5, 0.6) is 0 Å². The van der Waals surface area contributed by atoms with E-state index in [1.54, 1.807) is 6.08 Å². The van der Waals surface area contributed by atoms with Gasteiger partial charge in [0.25, 0.3) is 0 Å². The normalized spacial score (nSPS) is 11.6. The zero-order valence-electron chi connectivity index (χ0n) is 12.8. The molecule has 0 atom stereocenters. The third kappa shape index (κ3) is 6.25. The van der Waals surface area contributed by atoms with E-state index in [-0.39, 0.29) is 5.91 Å². The largest absolute Gasteiger partial charge is 0.339 e.